The Balaban J connectivity index is 1.60. The molecule has 7 heteroatoms. The number of piperazine rings is 1. The second-order valence-electron chi connectivity index (χ2n) is 5.66. The van der Waals surface area contributed by atoms with Crippen LogP contribution in [0, 0.1) is 6.92 Å². The highest BCUT2D eigenvalue weighted by Crippen LogP contribution is 2.23. The lowest BCUT2D eigenvalue weighted by Gasteiger charge is -2.34. The SMILES string of the molecule is Cc1cc(CN2CCN(C(=O)c3cc(Cl)ccc3O)CC2)on1. The molecule has 0 unspecified atom stereocenters. The average molecular weight is 336 g/mol. The molecule has 1 aromatic heterocycles. The third kappa shape index (κ3) is 3.65. The van der Waals surface area contributed by atoms with Crippen molar-refractivity contribution in [1.29, 1.82) is 0 Å². The molecular formula is C16H18ClN3O3. The van der Waals surface area contributed by atoms with Gasteiger partial charge in [-0.25, -0.2) is 0 Å². The van der Waals surface area contributed by atoms with Crippen LogP contribution in [0.2, 0.25) is 5.02 Å². The van der Waals surface area contributed by atoms with Gasteiger partial charge >= 0.3 is 0 Å². The summed E-state index contributed by atoms with van der Waals surface area (Å²) in [6.45, 7) is 5.25. The number of halogens is 1. The van der Waals surface area contributed by atoms with Crippen LogP contribution in [0.4, 0.5) is 0 Å². The predicted molar refractivity (Wildman–Crippen MR) is 85.5 cm³/mol. The minimum atomic E-state index is -0.194. The molecule has 1 N–H and O–H groups in total. The van der Waals surface area contributed by atoms with E-state index in [4.69, 9.17) is 16.1 Å². The first-order valence-electron chi connectivity index (χ1n) is 7.45. The lowest BCUT2D eigenvalue weighted by Crippen LogP contribution is -2.48. The van der Waals surface area contributed by atoms with Gasteiger partial charge in [0.2, 0.25) is 0 Å². The Bertz CT molecular complexity index is 708. The number of phenols is 1. The number of aromatic hydroxyl groups is 1. The van der Waals surface area contributed by atoms with E-state index in [1.54, 1.807) is 11.0 Å². The summed E-state index contributed by atoms with van der Waals surface area (Å²) in [6, 6.07) is 6.42. The summed E-state index contributed by atoms with van der Waals surface area (Å²) in [7, 11) is 0. The summed E-state index contributed by atoms with van der Waals surface area (Å²) in [4.78, 5) is 16.4. The van der Waals surface area contributed by atoms with Gasteiger partial charge in [-0.3, -0.25) is 9.69 Å². The molecule has 0 spiro atoms. The van der Waals surface area contributed by atoms with Gasteiger partial charge < -0.3 is 14.5 Å². The molecule has 6 nitrogen and oxygen atoms in total. The fourth-order valence-corrected chi connectivity index (χ4v) is 2.84. The van der Waals surface area contributed by atoms with Crippen molar-refractivity contribution in [3.05, 3.63) is 46.3 Å². The second kappa shape index (κ2) is 6.60. The van der Waals surface area contributed by atoms with Crippen LogP contribution >= 0.6 is 11.6 Å². The van der Waals surface area contributed by atoms with E-state index in [1.165, 1.54) is 12.1 Å². The Kier molecular flexibility index (Phi) is 4.54. The largest absolute Gasteiger partial charge is 0.507 e. The molecule has 2 aromatic rings. The predicted octanol–water partition coefficient (Wildman–Crippen LogP) is 2.30. The highest BCUT2D eigenvalue weighted by Gasteiger charge is 2.24. The number of benzene rings is 1. The van der Waals surface area contributed by atoms with Crippen molar-refractivity contribution in [2.75, 3.05) is 26.2 Å². The van der Waals surface area contributed by atoms with Crippen molar-refractivity contribution in [2.24, 2.45) is 0 Å². The Labute approximate surface area is 139 Å². The molecule has 1 fully saturated rings. The molecule has 1 aliphatic rings. The fourth-order valence-electron chi connectivity index (χ4n) is 2.67. The van der Waals surface area contributed by atoms with Crippen LogP contribution in [0.1, 0.15) is 21.8 Å². The van der Waals surface area contributed by atoms with Gasteiger partial charge in [0.1, 0.15) is 5.75 Å². The van der Waals surface area contributed by atoms with Crippen LogP contribution in [0.25, 0.3) is 0 Å². The van der Waals surface area contributed by atoms with Gasteiger partial charge in [0, 0.05) is 37.3 Å². The molecule has 0 radical (unpaired) electrons. The standard InChI is InChI=1S/C16H18ClN3O3/c1-11-8-13(23-18-11)10-19-4-6-20(7-5-19)16(22)14-9-12(17)2-3-15(14)21/h2-3,8-9,21H,4-7,10H2,1H3. The average Bonchev–Trinajstić information content (AvgIpc) is 2.95. The topological polar surface area (TPSA) is 69.8 Å². The van der Waals surface area contributed by atoms with Crippen LogP contribution in [-0.4, -0.2) is 52.1 Å². The van der Waals surface area contributed by atoms with Crippen molar-refractivity contribution in [1.82, 2.24) is 15.0 Å². The first-order chi connectivity index (χ1) is 11.0. The van der Waals surface area contributed by atoms with Gasteiger partial charge in [0.15, 0.2) is 5.76 Å². The summed E-state index contributed by atoms with van der Waals surface area (Å²) in [6.07, 6.45) is 0. The molecule has 0 atom stereocenters. The molecule has 1 saturated heterocycles. The van der Waals surface area contributed by atoms with Gasteiger partial charge in [-0.05, 0) is 25.1 Å². The zero-order chi connectivity index (χ0) is 16.4. The molecule has 122 valence electrons. The van der Waals surface area contributed by atoms with Crippen LogP contribution in [0.3, 0.4) is 0 Å². The number of aryl methyl sites for hydroxylation is 1. The molecule has 23 heavy (non-hydrogen) atoms. The van der Waals surface area contributed by atoms with E-state index in [-0.39, 0.29) is 17.2 Å². The minimum absolute atomic E-state index is 0.0426. The summed E-state index contributed by atoms with van der Waals surface area (Å²) in [5.74, 6) is 0.592. The molecule has 1 amide bonds. The molecule has 1 aromatic carbocycles. The number of phenolic OH excluding ortho intramolecular Hbond substituents is 1. The first kappa shape index (κ1) is 15.8. The monoisotopic (exact) mass is 335 g/mol. The number of carbonyl (C=O) groups excluding carboxylic acids is 1. The van der Waals surface area contributed by atoms with Gasteiger partial charge in [0.05, 0.1) is 17.8 Å². The third-order valence-electron chi connectivity index (χ3n) is 3.90. The summed E-state index contributed by atoms with van der Waals surface area (Å²) in [5, 5.41) is 14.2. The Morgan fingerprint density at radius 2 is 2.04 bits per heavy atom. The van der Waals surface area contributed by atoms with Crippen LogP contribution in [-0.2, 0) is 6.54 Å². The second-order valence-corrected chi connectivity index (χ2v) is 6.10. The zero-order valence-corrected chi connectivity index (χ0v) is 13.6. The van der Waals surface area contributed by atoms with Crippen LogP contribution < -0.4 is 0 Å². The van der Waals surface area contributed by atoms with E-state index >= 15 is 0 Å². The van der Waals surface area contributed by atoms with E-state index in [0.29, 0.717) is 24.7 Å². The fraction of sp³-hybridized carbons (Fsp3) is 0.375. The van der Waals surface area contributed by atoms with Gasteiger partial charge in [-0.1, -0.05) is 16.8 Å². The maximum absolute atomic E-state index is 12.5. The molecule has 0 bridgehead atoms. The van der Waals surface area contributed by atoms with E-state index in [2.05, 4.69) is 10.1 Å². The van der Waals surface area contributed by atoms with E-state index in [1.807, 2.05) is 13.0 Å². The summed E-state index contributed by atoms with van der Waals surface area (Å²) >= 11 is 5.91. The number of hydrogen-bond donors (Lipinski definition) is 1. The molecule has 0 saturated carbocycles. The molecule has 0 aliphatic carbocycles. The number of hydrogen-bond acceptors (Lipinski definition) is 5. The molecular weight excluding hydrogens is 318 g/mol. The highest BCUT2D eigenvalue weighted by atomic mass is 35.5. The Hall–Kier alpha value is -2.05. The van der Waals surface area contributed by atoms with Gasteiger partial charge in [-0.2, -0.15) is 0 Å². The molecule has 1 aliphatic heterocycles. The smallest absolute Gasteiger partial charge is 0.257 e. The summed E-state index contributed by atoms with van der Waals surface area (Å²) in [5.41, 5.74) is 1.11. The highest BCUT2D eigenvalue weighted by molar-refractivity contribution is 6.31. The van der Waals surface area contributed by atoms with E-state index < -0.39 is 0 Å². The van der Waals surface area contributed by atoms with Crippen molar-refractivity contribution < 1.29 is 14.4 Å². The van der Waals surface area contributed by atoms with E-state index in [9.17, 15) is 9.90 Å². The number of amides is 1. The molecule has 3 rings (SSSR count). The van der Waals surface area contributed by atoms with Crippen LogP contribution in [0.5, 0.6) is 5.75 Å². The number of rotatable bonds is 3. The third-order valence-corrected chi connectivity index (χ3v) is 4.14. The van der Waals surface area contributed by atoms with Gasteiger partial charge in [0.25, 0.3) is 5.91 Å². The number of nitrogens with zero attached hydrogens (tertiary/aromatic N) is 3. The number of carbonyl (C=O) groups is 1. The quantitative estimate of drug-likeness (QED) is 0.932. The Morgan fingerprint density at radius 3 is 2.70 bits per heavy atom. The lowest BCUT2D eigenvalue weighted by molar-refractivity contribution is 0.0614. The first-order valence-corrected chi connectivity index (χ1v) is 7.83. The minimum Gasteiger partial charge on any atom is -0.507 e. The number of aromatic nitrogens is 1. The molecule has 2 heterocycles. The maximum Gasteiger partial charge on any atom is 0.257 e. The zero-order valence-electron chi connectivity index (χ0n) is 12.8. The summed E-state index contributed by atoms with van der Waals surface area (Å²) < 4.78 is 5.22. The van der Waals surface area contributed by atoms with Crippen molar-refractivity contribution in [3.63, 3.8) is 0 Å². The van der Waals surface area contributed by atoms with E-state index in [0.717, 1.165) is 24.5 Å². The van der Waals surface area contributed by atoms with Crippen molar-refractivity contribution in [2.45, 2.75) is 13.5 Å². The van der Waals surface area contributed by atoms with Crippen molar-refractivity contribution in [3.8, 4) is 5.75 Å². The Morgan fingerprint density at radius 1 is 1.30 bits per heavy atom. The maximum atomic E-state index is 12.5. The van der Waals surface area contributed by atoms with Gasteiger partial charge in [-0.15, -0.1) is 0 Å². The van der Waals surface area contributed by atoms with Crippen molar-refractivity contribution >= 4 is 17.5 Å². The van der Waals surface area contributed by atoms with Crippen LogP contribution in [0.15, 0.2) is 28.8 Å². The lowest BCUT2D eigenvalue weighted by atomic mass is 10.1. The normalized spacial score (nSPS) is 15.8.